The Kier molecular flexibility index (Phi) is 12.2. The maximum absolute atomic E-state index is 12.3. The van der Waals surface area contributed by atoms with Gasteiger partial charge in [0, 0.05) is 47.5 Å². The lowest BCUT2D eigenvalue weighted by molar-refractivity contribution is -0.777. The summed E-state index contributed by atoms with van der Waals surface area (Å²) in [5, 5.41) is 14.6. The van der Waals surface area contributed by atoms with Crippen molar-refractivity contribution in [3.63, 3.8) is 0 Å². The normalized spacial score (nSPS) is 18.5. The van der Waals surface area contributed by atoms with E-state index >= 15 is 0 Å². The number of hydroxylamine groups is 2. The molecule has 1 aromatic carbocycles. The van der Waals surface area contributed by atoms with E-state index in [4.69, 9.17) is 9.83 Å². The Morgan fingerprint density at radius 1 is 1.04 bits per heavy atom. The first-order valence-corrected chi connectivity index (χ1v) is 18.4. The van der Waals surface area contributed by atoms with Crippen molar-refractivity contribution < 1.29 is 38.4 Å². The van der Waals surface area contributed by atoms with Crippen LogP contribution in [0.3, 0.4) is 0 Å². The second-order valence-corrected chi connectivity index (χ2v) is 15.2. The fourth-order valence-corrected chi connectivity index (χ4v) is 7.49. The van der Waals surface area contributed by atoms with Crippen molar-refractivity contribution in [2.24, 2.45) is 4.99 Å². The minimum absolute atomic E-state index is 0.0699. The number of aryl methyl sites for hydroxylation is 1. The molecule has 1 saturated heterocycles. The predicted molar refractivity (Wildman–Crippen MR) is 192 cm³/mol. The van der Waals surface area contributed by atoms with Crippen LogP contribution < -0.4 is 14.7 Å². The maximum atomic E-state index is 12.3. The third-order valence-corrected chi connectivity index (χ3v) is 10.3. The number of hydrogen-bond acceptors (Lipinski definition) is 10. The molecule has 50 heavy (non-hydrogen) atoms. The Balaban J connectivity index is 1.29. The summed E-state index contributed by atoms with van der Waals surface area (Å²) in [5.41, 5.74) is 4.83. The first kappa shape index (κ1) is 37.6. The van der Waals surface area contributed by atoms with Crippen LogP contribution in [-0.4, -0.2) is 35.1 Å². The molecule has 0 atom stereocenters. The molecule has 2 aromatic rings. The molecule has 0 saturated carbocycles. The van der Waals surface area contributed by atoms with Crippen LogP contribution >= 0.6 is 28.0 Å². The van der Waals surface area contributed by atoms with Gasteiger partial charge in [-0.1, -0.05) is 45.4 Å². The van der Waals surface area contributed by atoms with Crippen molar-refractivity contribution >= 4 is 63.0 Å². The molecule has 266 valence electrons. The first-order chi connectivity index (χ1) is 23.9. The molecule has 0 bridgehead atoms. The highest BCUT2D eigenvalue weighted by atomic mass is 79.9. The van der Waals surface area contributed by atoms with E-state index in [1.165, 1.54) is 5.56 Å². The molecule has 13 heteroatoms. The summed E-state index contributed by atoms with van der Waals surface area (Å²) in [4.78, 5) is 48.8. The van der Waals surface area contributed by atoms with Gasteiger partial charge < -0.3 is 15.0 Å². The number of fused-ring (bicyclic) bond motifs is 2. The van der Waals surface area contributed by atoms with Gasteiger partial charge in [0.05, 0.1) is 34.0 Å². The van der Waals surface area contributed by atoms with Crippen LogP contribution in [0.15, 0.2) is 80.9 Å². The minimum Gasteiger partial charge on any atom is -0.691 e. The lowest BCUT2D eigenvalue weighted by Gasteiger charge is -2.27. The van der Waals surface area contributed by atoms with E-state index in [-0.39, 0.29) is 30.1 Å². The van der Waals surface area contributed by atoms with Crippen molar-refractivity contribution in [3.8, 4) is 0 Å². The topological polar surface area (TPSA) is 125 Å². The molecule has 0 aliphatic carbocycles. The highest BCUT2D eigenvalue weighted by Gasteiger charge is 2.43. The number of carbonyl (C=O) groups is 3. The average molecular weight is 768 g/mol. The smallest absolute Gasteiger partial charge is 0.333 e. The summed E-state index contributed by atoms with van der Waals surface area (Å²) < 4.78 is 7.84. The monoisotopic (exact) mass is 766 g/mol. The molecule has 0 radical (unpaired) electrons. The van der Waals surface area contributed by atoms with E-state index in [1.54, 1.807) is 0 Å². The zero-order valence-electron chi connectivity index (χ0n) is 29.1. The zero-order valence-corrected chi connectivity index (χ0v) is 31.5. The number of imide groups is 1. The van der Waals surface area contributed by atoms with Gasteiger partial charge in [-0.25, -0.2) is 9.36 Å². The molecule has 5 rings (SSSR count). The number of halogens is 1. The van der Waals surface area contributed by atoms with Gasteiger partial charge >= 0.3 is 11.8 Å². The van der Waals surface area contributed by atoms with E-state index in [0.717, 1.165) is 75.7 Å². The van der Waals surface area contributed by atoms with Gasteiger partial charge in [0.15, 0.2) is 5.71 Å². The summed E-state index contributed by atoms with van der Waals surface area (Å²) in [6.45, 7) is 12.5. The first-order valence-electron chi connectivity index (χ1n) is 16.9. The lowest BCUT2D eigenvalue weighted by Crippen LogP contribution is -2.35. The number of aromatic nitrogens is 1. The summed E-state index contributed by atoms with van der Waals surface area (Å²) in [7, 11) is 0. The van der Waals surface area contributed by atoms with E-state index in [2.05, 4.69) is 93.8 Å². The van der Waals surface area contributed by atoms with Crippen molar-refractivity contribution in [2.75, 3.05) is 11.4 Å². The molecular formula is C37H43BrN4O7S. The SMILES string of the molecule is CCC[n+]1cc(Br)cc2c1N=C(/C=C/C=C/C=C1/N(CCCCCC(=O)ON3C(=O)CCC3=O)c3ccc(SOO[O-])cc3C1(C)C)C2(C)C. The molecule has 2 amide bonds. The number of benzene rings is 1. The highest BCUT2D eigenvalue weighted by molar-refractivity contribution is 9.10. The standard InChI is InChI=1S/C37H43BrN4O7S/c1-6-20-40-24-25(38)22-28-35(40)39-30(36(28,2)3)13-9-7-10-14-31-37(4,5)27-23-26(50-49-48-46)16-17-29(27)41(31)21-12-8-11-15-34(45)47-42-32(43)18-19-33(42)44/h7,9-10,13-14,16-17,22-24H,6,8,11-12,15,18-21H2,1-5H3. The van der Waals surface area contributed by atoms with Crippen LogP contribution in [0, 0.1) is 0 Å². The average Bonchev–Trinajstić information content (AvgIpc) is 3.60. The van der Waals surface area contributed by atoms with E-state index < -0.39 is 17.8 Å². The van der Waals surface area contributed by atoms with Crippen LogP contribution in [0.5, 0.6) is 0 Å². The van der Waals surface area contributed by atoms with Crippen LogP contribution in [0.25, 0.3) is 0 Å². The molecule has 1 aromatic heterocycles. The molecular weight excluding hydrogens is 724 g/mol. The van der Waals surface area contributed by atoms with Crippen LogP contribution in [0.2, 0.25) is 0 Å². The number of pyridine rings is 1. The fraction of sp³-hybridized carbons (Fsp3) is 0.432. The van der Waals surface area contributed by atoms with Gasteiger partial charge in [0.25, 0.3) is 11.8 Å². The van der Waals surface area contributed by atoms with Crippen molar-refractivity contribution in [1.82, 2.24) is 5.06 Å². The van der Waals surface area contributed by atoms with Gasteiger partial charge in [0.2, 0.25) is 0 Å². The van der Waals surface area contributed by atoms with Gasteiger partial charge in [-0.15, -0.1) is 5.06 Å². The number of hydrogen-bond donors (Lipinski definition) is 0. The molecule has 3 aliphatic rings. The molecule has 4 heterocycles. The molecule has 3 aliphatic heterocycles. The number of rotatable bonds is 15. The van der Waals surface area contributed by atoms with Gasteiger partial charge in [0.1, 0.15) is 6.20 Å². The number of anilines is 1. The third kappa shape index (κ3) is 8.13. The Hall–Kier alpha value is -3.62. The fourth-order valence-electron chi connectivity index (χ4n) is 6.62. The Bertz CT molecular complexity index is 1750. The largest absolute Gasteiger partial charge is 0.691 e. The van der Waals surface area contributed by atoms with Crippen molar-refractivity contribution in [1.29, 1.82) is 0 Å². The van der Waals surface area contributed by atoms with Gasteiger partial charge in [-0.2, -0.15) is 4.33 Å². The number of allylic oxidation sites excluding steroid dienone is 6. The van der Waals surface area contributed by atoms with Crippen LogP contribution in [0.4, 0.5) is 11.5 Å². The third-order valence-electron chi connectivity index (χ3n) is 9.29. The maximum Gasteiger partial charge on any atom is 0.333 e. The van der Waals surface area contributed by atoms with E-state index in [0.29, 0.717) is 18.0 Å². The highest BCUT2D eigenvalue weighted by Crippen LogP contribution is 2.49. The second-order valence-electron chi connectivity index (χ2n) is 13.5. The van der Waals surface area contributed by atoms with Gasteiger partial charge in [-0.05, 0) is 96.0 Å². The Labute approximate surface area is 305 Å². The van der Waals surface area contributed by atoms with Crippen molar-refractivity contribution in [3.05, 3.63) is 82.1 Å². The number of nitrogens with zero attached hydrogens (tertiary/aromatic N) is 4. The number of amides is 2. The molecule has 0 spiro atoms. The number of unbranched alkanes of at least 4 members (excludes halogenated alkanes) is 2. The van der Waals surface area contributed by atoms with Crippen molar-refractivity contribution in [2.45, 2.75) is 102 Å². The molecule has 0 unspecified atom stereocenters. The predicted octanol–water partition coefficient (Wildman–Crippen LogP) is 6.70. The Morgan fingerprint density at radius 3 is 2.52 bits per heavy atom. The summed E-state index contributed by atoms with van der Waals surface area (Å²) in [6, 6.07) is 8.07. The van der Waals surface area contributed by atoms with Gasteiger partial charge in [-0.3, -0.25) is 14.6 Å². The minimum atomic E-state index is -0.585. The van der Waals surface area contributed by atoms with Crippen LogP contribution in [-0.2, 0) is 46.0 Å². The quantitative estimate of drug-likeness (QED) is 0.0370. The lowest BCUT2D eigenvalue weighted by atomic mass is 9.82. The number of carbonyl (C=O) groups excluding carboxylic acids is 3. The molecule has 11 nitrogen and oxygen atoms in total. The van der Waals surface area contributed by atoms with E-state index in [9.17, 15) is 19.6 Å². The summed E-state index contributed by atoms with van der Waals surface area (Å²) in [6.07, 6.45) is 15.7. The summed E-state index contributed by atoms with van der Waals surface area (Å²) >= 11 is 4.54. The second kappa shape index (κ2) is 16.2. The number of aliphatic imine (C=N–C) groups is 1. The zero-order chi connectivity index (χ0) is 36.1. The Morgan fingerprint density at radius 2 is 1.80 bits per heavy atom. The summed E-state index contributed by atoms with van der Waals surface area (Å²) in [5.74, 6) is -0.540. The molecule has 1 fully saturated rings. The molecule has 0 N–H and O–H groups in total. The van der Waals surface area contributed by atoms with Crippen LogP contribution in [0.1, 0.15) is 90.7 Å². The van der Waals surface area contributed by atoms with E-state index in [1.807, 2.05) is 36.4 Å².